The summed E-state index contributed by atoms with van der Waals surface area (Å²) in [5.74, 6) is 0.979. The van der Waals surface area contributed by atoms with Crippen LogP contribution in [0, 0.1) is 0 Å². The Morgan fingerprint density at radius 2 is 2.10 bits per heavy atom. The number of hydrogen-bond donors (Lipinski definition) is 1. The van der Waals surface area contributed by atoms with Crippen molar-refractivity contribution in [1.29, 1.82) is 0 Å². The summed E-state index contributed by atoms with van der Waals surface area (Å²) in [6, 6.07) is 12.4. The predicted molar refractivity (Wildman–Crippen MR) is 88.1 cm³/mol. The monoisotopic (exact) mass is 322 g/mol. The van der Waals surface area contributed by atoms with Crippen molar-refractivity contribution in [2.45, 2.75) is 25.6 Å². The lowest BCUT2D eigenvalue weighted by Crippen LogP contribution is -2.39. The molecule has 0 amide bonds. The molecule has 1 aliphatic rings. The predicted octanol–water partition coefficient (Wildman–Crippen LogP) is 3.68. The molecule has 0 saturated carbocycles. The van der Waals surface area contributed by atoms with E-state index in [0.717, 1.165) is 23.2 Å². The van der Waals surface area contributed by atoms with Crippen molar-refractivity contribution in [3.63, 3.8) is 0 Å². The summed E-state index contributed by atoms with van der Waals surface area (Å²) in [7, 11) is 0. The second-order valence-corrected chi connectivity index (χ2v) is 7.12. The third kappa shape index (κ3) is 3.24. The van der Waals surface area contributed by atoms with Crippen LogP contribution in [0.15, 0.2) is 36.4 Å². The SMILES string of the molecule is CC(N)C(c1ccc(Cl)s1)N1CCOc2ccccc2C1. The molecule has 0 bridgehead atoms. The Morgan fingerprint density at radius 3 is 2.81 bits per heavy atom. The van der Waals surface area contributed by atoms with E-state index in [9.17, 15) is 0 Å². The van der Waals surface area contributed by atoms with Crippen LogP contribution in [0.25, 0.3) is 0 Å². The number of benzene rings is 1. The van der Waals surface area contributed by atoms with Crippen LogP contribution in [0.1, 0.15) is 23.4 Å². The summed E-state index contributed by atoms with van der Waals surface area (Å²) < 4.78 is 6.65. The van der Waals surface area contributed by atoms with Gasteiger partial charge in [0, 0.05) is 29.6 Å². The van der Waals surface area contributed by atoms with Gasteiger partial charge in [-0.05, 0) is 25.1 Å². The van der Waals surface area contributed by atoms with E-state index < -0.39 is 0 Å². The molecule has 2 unspecified atom stereocenters. The van der Waals surface area contributed by atoms with Crippen molar-refractivity contribution in [3.8, 4) is 5.75 Å². The molecule has 112 valence electrons. The van der Waals surface area contributed by atoms with Gasteiger partial charge < -0.3 is 10.5 Å². The van der Waals surface area contributed by atoms with Crippen LogP contribution in [0.5, 0.6) is 5.75 Å². The van der Waals surface area contributed by atoms with Crippen molar-refractivity contribution in [3.05, 3.63) is 51.2 Å². The summed E-state index contributed by atoms with van der Waals surface area (Å²) in [4.78, 5) is 3.60. The first-order valence-corrected chi connectivity index (χ1v) is 8.30. The van der Waals surface area contributed by atoms with Crippen LogP contribution < -0.4 is 10.5 Å². The van der Waals surface area contributed by atoms with Gasteiger partial charge in [-0.15, -0.1) is 11.3 Å². The second-order valence-electron chi connectivity index (χ2n) is 5.37. The van der Waals surface area contributed by atoms with E-state index in [4.69, 9.17) is 22.1 Å². The van der Waals surface area contributed by atoms with Crippen LogP contribution in [-0.2, 0) is 6.54 Å². The minimum Gasteiger partial charge on any atom is -0.492 e. The summed E-state index contributed by atoms with van der Waals surface area (Å²) in [6.45, 7) is 4.43. The summed E-state index contributed by atoms with van der Waals surface area (Å²) in [5.41, 5.74) is 7.47. The number of hydrogen-bond acceptors (Lipinski definition) is 4. The quantitative estimate of drug-likeness (QED) is 0.936. The highest BCUT2D eigenvalue weighted by Gasteiger charge is 2.27. The van der Waals surface area contributed by atoms with Crippen LogP contribution in [0.4, 0.5) is 0 Å². The van der Waals surface area contributed by atoms with E-state index in [1.807, 2.05) is 18.2 Å². The minimum absolute atomic E-state index is 0.0324. The number of ether oxygens (including phenoxy) is 1. The molecule has 0 spiro atoms. The molecular formula is C16H19ClN2OS. The molecular weight excluding hydrogens is 304 g/mol. The van der Waals surface area contributed by atoms with Crippen molar-refractivity contribution in [1.82, 2.24) is 4.90 Å². The zero-order valence-corrected chi connectivity index (χ0v) is 13.5. The fraction of sp³-hybridized carbons (Fsp3) is 0.375. The molecule has 0 aliphatic carbocycles. The summed E-state index contributed by atoms with van der Waals surface area (Å²) in [5, 5.41) is 0. The molecule has 3 nitrogen and oxygen atoms in total. The van der Waals surface area contributed by atoms with E-state index in [0.29, 0.717) is 6.61 Å². The van der Waals surface area contributed by atoms with Crippen molar-refractivity contribution < 1.29 is 4.74 Å². The topological polar surface area (TPSA) is 38.5 Å². The zero-order valence-electron chi connectivity index (χ0n) is 12.0. The number of thiophene rings is 1. The van der Waals surface area contributed by atoms with Gasteiger partial charge in [-0.3, -0.25) is 4.90 Å². The number of nitrogens with zero attached hydrogens (tertiary/aromatic N) is 1. The summed E-state index contributed by atoms with van der Waals surface area (Å²) >= 11 is 7.70. The molecule has 2 aromatic rings. The first-order chi connectivity index (χ1) is 10.1. The lowest BCUT2D eigenvalue weighted by atomic mass is 10.1. The first kappa shape index (κ1) is 14.9. The maximum absolute atomic E-state index is 6.26. The molecule has 0 radical (unpaired) electrons. The fourth-order valence-corrected chi connectivity index (χ4v) is 4.15. The lowest BCUT2D eigenvalue weighted by Gasteiger charge is -2.32. The zero-order chi connectivity index (χ0) is 14.8. The molecule has 2 heterocycles. The van der Waals surface area contributed by atoms with Crippen LogP contribution in [0.2, 0.25) is 4.34 Å². The van der Waals surface area contributed by atoms with Crippen LogP contribution >= 0.6 is 22.9 Å². The molecule has 1 aromatic heterocycles. The van der Waals surface area contributed by atoms with E-state index in [-0.39, 0.29) is 12.1 Å². The van der Waals surface area contributed by atoms with Crippen LogP contribution in [0.3, 0.4) is 0 Å². The molecule has 2 atom stereocenters. The van der Waals surface area contributed by atoms with E-state index in [1.54, 1.807) is 11.3 Å². The molecule has 0 saturated heterocycles. The van der Waals surface area contributed by atoms with Gasteiger partial charge in [0.2, 0.25) is 0 Å². The highest BCUT2D eigenvalue weighted by Crippen LogP contribution is 2.35. The largest absolute Gasteiger partial charge is 0.492 e. The lowest BCUT2D eigenvalue weighted by molar-refractivity contribution is 0.155. The van der Waals surface area contributed by atoms with Gasteiger partial charge >= 0.3 is 0 Å². The van der Waals surface area contributed by atoms with Gasteiger partial charge in [0.25, 0.3) is 0 Å². The molecule has 0 fully saturated rings. The Bertz CT molecular complexity index is 614. The molecule has 1 aliphatic heterocycles. The van der Waals surface area contributed by atoms with Crippen molar-refractivity contribution in [2.24, 2.45) is 5.73 Å². The van der Waals surface area contributed by atoms with E-state index in [2.05, 4.69) is 30.0 Å². The third-order valence-corrected chi connectivity index (χ3v) is 5.06. The van der Waals surface area contributed by atoms with Crippen molar-refractivity contribution >= 4 is 22.9 Å². The number of fused-ring (bicyclic) bond motifs is 1. The van der Waals surface area contributed by atoms with Gasteiger partial charge in [-0.25, -0.2) is 0 Å². The molecule has 2 N–H and O–H groups in total. The number of halogens is 1. The number of rotatable bonds is 3. The Morgan fingerprint density at radius 1 is 1.29 bits per heavy atom. The summed E-state index contributed by atoms with van der Waals surface area (Å²) in [6.07, 6.45) is 0. The first-order valence-electron chi connectivity index (χ1n) is 7.10. The third-order valence-electron chi connectivity index (χ3n) is 3.76. The van der Waals surface area contributed by atoms with Gasteiger partial charge in [-0.2, -0.15) is 0 Å². The Hall–Kier alpha value is -1.07. The highest BCUT2D eigenvalue weighted by atomic mass is 35.5. The Labute approximate surface area is 134 Å². The molecule has 5 heteroatoms. The second kappa shape index (κ2) is 6.36. The fourth-order valence-electron chi connectivity index (χ4n) is 2.84. The molecule has 21 heavy (non-hydrogen) atoms. The van der Waals surface area contributed by atoms with Crippen LogP contribution in [-0.4, -0.2) is 24.1 Å². The van der Waals surface area contributed by atoms with Gasteiger partial charge in [0.15, 0.2) is 0 Å². The molecule has 1 aromatic carbocycles. The van der Waals surface area contributed by atoms with Crippen molar-refractivity contribution in [2.75, 3.05) is 13.2 Å². The van der Waals surface area contributed by atoms with Gasteiger partial charge in [0.1, 0.15) is 12.4 Å². The van der Waals surface area contributed by atoms with E-state index in [1.165, 1.54) is 10.4 Å². The van der Waals surface area contributed by atoms with E-state index >= 15 is 0 Å². The Kier molecular flexibility index (Phi) is 4.50. The average Bonchev–Trinajstić information content (AvgIpc) is 2.75. The Balaban J connectivity index is 1.90. The van der Waals surface area contributed by atoms with Gasteiger partial charge in [-0.1, -0.05) is 29.8 Å². The standard InChI is InChI=1S/C16H19ClN2OS/c1-11(18)16(14-6-7-15(17)21-14)19-8-9-20-13-5-3-2-4-12(13)10-19/h2-7,11,16H,8-10,18H2,1H3. The normalized spacial score (nSPS) is 18.4. The minimum atomic E-state index is 0.0324. The number of nitrogens with two attached hydrogens (primary N) is 1. The average molecular weight is 323 g/mol. The maximum Gasteiger partial charge on any atom is 0.123 e. The van der Waals surface area contributed by atoms with Gasteiger partial charge in [0.05, 0.1) is 10.4 Å². The highest BCUT2D eigenvalue weighted by molar-refractivity contribution is 7.16. The number of para-hydroxylation sites is 1. The molecule has 3 rings (SSSR count). The smallest absolute Gasteiger partial charge is 0.123 e. The maximum atomic E-state index is 6.26.